The lowest BCUT2D eigenvalue weighted by Crippen LogP contribution is -2.66. The number of nitrogens with one attached hydrogen (secondary N) is 1. The summed E-state index contributed by atoms with van der Waals surface area (Å²) in [4.78, 5) is 11.7. The van der Waals surface area contributed by atoms with Crippen molar-refractivity contribution in [2.75, 3.05) is 13.2 Å². The van der Waals surface area contributed by atoms with E-state index in [2.05, 4.69) is 19.2 Å². The Morgan fingerprint density at radius 1 is 1.56 bits per heavy atom. The lowest BCUT2D eigenvalue weighted by Gasteiger charge is -2.54. The Morgan fingerprint density at radius 3 is 3.00 bits per heavy atom. The zero-order valence-corrected chi connectivity index (χ0v) is 10.2. The van der Waals surface area contributed by atoms with E-state index in [1.807, 2.05) is 0 Å². The molecule has 1 heterocycles. The van der Waals surface area contributed by atoms with E-state index >= 15 is 0 Å². The SMILES string of the molecule is CC1(C)C(NC(=O)CCCN)C2CCOC21. The summed E-state index contributed by atoms with van der Waals surface area (Å²) in [6.07, 6.45) is 2.73. The number of amides is 1. The van der Waals surface area contributed by atoms with Crippen molar-refractivity contribution in [2.24, 2.45) is 17.1 Å². The molecule has 4 nitrogen and oxygen atoms in total. The molecule has 1 aliphatic carbocycles. The maximum atomic E-state index is 11.7. The molecule has 3 unspecified atom stereocenters. The molecule has 2 aliphatic rings. The van der Waals surface area contributed by atoms with Crippen molar-refractivity contribution in [3.63, 3.8) is 0 Å². The Balaban J connectivity index is 1.88. The predicted molar refractivity (Wildman–Crippen MR) is 61.8 cm³/mol. The summed E-state index contributed by atoms with van der Waals surface area (Å²) in [6.45, 7) is 5.77. The second-order valence-electron chi connectivity index (χ2n) is 5.50. The molecule has 2 rings (SSSR count). The predicted octanol–water partition coefficient (Wildman–Crippen LogP) is 0.655. The smallest absolute Gasteiger partial charge is 0.220 e. The fourth-order valence-electron chi connectivity index (χ4n) is 3.13. The minimum absolute atomic E-state index is 0.0829. The zero-order valence-electron chi connectivity index (χ0n) is 10.2. The average molecular weight is 226 g/mol. The number of hydrogen-bond acceptors (Lipinski definition) is 3. The van der Waals surface area contributed by atoms with Crippen LogP contribution >= 0.6 is 0 Å². The second-order valence-corrected chi connectivity index (χ2v) is 5.50. The quantitative estimate of drug-likeness (QED) is 0.740. The summed E-state index contributed by atoms with van der Waals surface area (Å²) in [5, 5.41) is 3.14. The highest BCUT2D eigenvalue weighted by Gasteiger charge is 2.59. The van der Waals surface area contributed by atoms with Crippen molar-refractivity contribution in [1.29, 1.82) is 0 Å². The van der Waals surface area contributed by atoms with Gasteiger partial charge in [-0.25, -0.2) is 0 Å². The standard InChI is InChI=1S/C12H22N2O2/c1-12(2)10(8-5-7-16-11(8)12)14-9(15)4-3-6-13/h8,10-11H,3-7,13H2,1-2H3,(H,14,15). The fraction of sp³-hybridized carbons (Fsp3) is 0.917. The Bertz CT molecular complexity index is 278. The summed E-state index contributed by atoms with van der Waals surface area (Å²) < 4.78 is 5.69. The fourth-order valence-corrected chi connectivity index (χ4v) is 3.13. The van der Waals surface area contributed by atoms with Gasteiger partial charge in [0.15, 0.2) is 0 Å². The van der Waals surface area contributed by atoms with E-state index in [0.717, 1.165) is 19.4 Å². The summed E-state index contributed by atoms with van der Waals surface area (Å²) in [5.74, 6) is 0.658. The largest absolute Gasteiger partial charge is 0.377 e. The van der Waals surface area contributed by atoms with Crippen LogP contribution in [0.1, 0.15) is 33.1 Å². The van der Waals surface area contributed by atoms with E-state index < -0.39 is 0 Å². The van der Waals surface area contributed by atoms with Gasteiger partial charge in [-0.3, -0.25) is 4.79 Å². The van der Waals surface area contributed by atoms with E-state index in [1.54, 1.807) is 0 Å². The van der Waals surface area contributed by atoms with E-state index in [9.17, 15) is 4.79 Å². The highest BCUT2D eigenvalue weighted by Crippen LogP contribution is 2.52. The van der Waals surface area contributed by atoms with Crippen LogP contribution in [0.2, 0.25) is 0 Å². The van der Waals surface area contributed by atoms with Crippen molar-refractivity contribution in [3.8, 4) is 0 Å². The molecule has 1 saturated carbocycles. The molecule has 0 bridgehead atoms. The maximum absolute atomic E-state index is 11.7. The van der Waals surface area contributed by atoms with Gasteiger partial charge in [0.2, 0.25) is 5.91 Å². The third-order valence-electron chi connectivity index (χ3n) is 4.02. The first-order chi connectivity index (χ1) is 7.57. The lowest BCUT2D eigenvalue weighted by molar-refractivity contribution is -0.137. The lowest BCUT2D eigenvalue weighted by atomic mass is 9.57. The molecule has 0 radical (unpaired) electrons. The Morgan fingerprint density at radius 2 is 2.31 bits per heavy atom. The number of carbonyl (C=O) groups excluding carboxylic acids is 1. The molecular formula is C12H22N2O2. The maximum Gasteiger partial charge on any atom is 0.220 e. The molecule has 0 spiro atoms. The first-order valence-electron chi connectivity index (χ1n) is 6.18. The topological polar surface area (TPSA) is 64.4 Å². The third-order valence-corrected chi connectivity index (χ3v) is 4.02. The summed E-state index contributed by atoms with van der Waals surface area (Å²) in [5.41, 5.74) is 5.48. The average Bonchev–Trinajstić information content (AvgIpc) is 2.69. The number of carbonyl (C=O) groups is 1. The van der Waals surface area contributed by atoms with Crippen LogP contribution in [-0.4, -0.2) is 31.2 Å². The normalized spacial score (nSPS) is 35.3. The van der Waals surface area contributed by atoms with Crippen molar-refractivity contribution in [3.05, 3.63) is 0 Å². The summed E-state index contributed by atoms with van der Waals surface area (Å²) in [6, 6.07) is 0.283. The molecule has 1 aliphatic heterocycles. The Kier molecular flexibility index (Phi) is 3.22. The van der Waals surface area contributed by atoms with Crippen LogP contribution in [0, 0.1) is 11.3 Å². The van der Waals surface area contributed by atoms with Gasteiger partial charge >= 0.3 is 0 Å². The molecule has 0 aromatic rings. The van der Waals surface area contributed by atoms with Crippen molar-refractivity contribution in [1.82, 2.24) is 5.32 Å². The van der Waals surface area contributed by atoms with E-state index in [-0.39, 0.29) is 17.4 Å². The van der Waals surface area contributed by atoms with Gasteiger partial charge in [-0.1, -0.05) is 13.8 Å². The van der Waals surface area contributed by atoms with Gasteiger partial charge in [-0.2, -0.15) is 0 Å². The Hall–Kier alpha value is -0.610. The highest BCUT2D eigenvalue weighted by atomic mass is 16.5. The number of nitrogens with two attached hydrogens (primary N) is 1. The van der Waals surface area contributed by atoms with Gasteiger partial charge < -0.3 is 15.8 Å². The van der Waals surface area contributed by atoms with Crippen LogP contribution in [0.3, 0.4) is 0 Å². The monoisotopic (exact) mass is 226 g/mol. The molecular weight excluding hydrogens is 204 g/mol. The van der Waals surface area contributed by atoms with E-state index in [4.69, 9.17) is 10.5 Å². The van der Waals surface area contributed by atoms with Crippen LogP contribution in [0.4, 0.5) is 0 Å². The van der Waals surface area contributed by atoms with Crippen LogP contribution in [0.15, 0.2) is 0 Å². The molecule has 4 heteroatoms. The van der Waals surface area contributed by atoms with E-state index in [0.29, 0.717) is 25.0 Å². The van der Waals surface area contributed by atoms with Crippen LogP contribution in [-0.2, 0) is 9.53 Å². The molecule has 2 fully saturated rings. The van der Waals surface area contributed by atoms with Gasteiger partial charge in [0.25, 0.3) is 0 Å². The Labute approximate surface area is 96.9 Å². The molecule has 3 N–H and O–H groups in total. The van der Waals surface area contributed by atoms with Gasteiger partial charge in [0.1, 0.15) is 0 Å². The number of fused-ring (bicyclic) bond motifs is 1. The van der Waals surface area contributed by atoms with Crippen LogP contribution in [0.25, 0.3) is 0 Å². The van der Waals surface area contributed by atoms with E-state index in [1.165, 1.54) is 0 Å². The van der Waals surface area contributed by atoms with Gasteiger partial charge in [-0.05, 0) is 19.4 Å². The van der Waals surface area contributed by atoms with Crippen molar-refractivity contribution in [2.45, 2.75) is 45.3 Å². The van der Waals surface area contributed by atoms with Crippen molar-refractivity contribution < 1.29 is 9.53 Å². The molecule has 1 saturated heterocycles. The minimum atomic E-state index is 0.0829. The first kappa shape index (κ1) is 11.9. The minimum Gasteiger partial charge on any atom is -0.377 e. The van der Waals surface area contributed by atoms with Gasteiger partial charge in [0, 0.05) is 30.4 Å². The molecule has 1 amide bonds. The molecule has 0 aromatic heterocycles. The van der Waals surface area contributed by atoms with Crippen molar-refractivity contribution >= 4 is 5.91 Å². The highest BCUT2D eigenvalue weighted by molar-refractivity contribution is 5.76. The van der Waals surface area contributed by atoms with Gasteiger partial charge in [0.05, 0.1) is 6.10 Å². The number of hydrogen-bond donors (Lipinski definition) is 2. The molecule has 92 valence electrons. The summed E-state index contributed by atoms with van der Waals surface area (Å²) in [7, 11) is 0. The molecule has 0 aromatic carbocycles. The number of rotatable bonds is 4. The molecule has 3 atom stereocenters. The van der Waals surface area contributed by atoms with Gasteiger partial charge in [-0.15, -0.1) is 0 Å². The zero-order chi connectivity index (χ0) is 11.8. The van der Waals surface area contributed by atoms with Crippen LogP contribution in [0.5, 0.6) is 0 Å². The number of ether oxygens (including phenoxy) is 1. The second kappa shape index (κ2) is 4.34. The van der Waals surface area contributed by atoms with Crippen LogP contribution < -0.4 is 11.1 Å². The first-order valence-corrected chi connectivity index (χ1v) is 6.18. The molecule has 16 heavy (non-hydrogen) atoms. The summed E-state index contributed by atoms with van der Waals surface area (Å²) >= 11 is 0. The third kappa shape index (κ3) is 1.84.